The lowest BCUT2D eigenvalue weighted by molar-refractivity contribution is 0.102. The standard InChI is InChI=1S/C16H15NO2/c1-2-12-19-15-10-8-14(9-11-15)17-16(18)13-6-4-3-5-7-13/h2-11H,1,12H2,(H,17,18). The van der Waals surface area contributed by atoms with Gasteiger partial charge < -0.3 is 10.1 Å². The van der Waals surface area contributed by atoms with E-state index in [1.807, 2.05) is 30.3 Å². The van der Waals surface area contributed by atoms with Gasteiger partial charge in [0.25, 0.3) is 5.91 Å². The summed E-state index contributed by atoms with van der Waals surface area (Å²) >= 11 is 0. The summed E-state index contributed by atoms with van der Waals surface area (Å²) in [6, 6.07) is 16.3. The molecular formula is C16H15NO2. The summed E-state index contributed by atoms with van der Waals surface area (Å²) in [6.07, 6.45) is 1.69. The lowest BCUT2D eigenvalue weighted by atomic mass is 10.2. The number of anilines is 1. The maximum Gasteiger partial charge on any atom is 0.255 e. The summed E-state index contributed by atoms with van der Waals surface area (Å²) in [5, 5.41) is 2.83. The lowest BCUT2D eigenvalue weighted by Gasteiger charge is -2.07. The highest BCUT2D eigenvalue weighted by atomic mass is 16.5. The van der Waals surface area contributed by atoms with Gasteiger partial charge in [0.2, 0.25) is 0 Å². The minimum Gasteiger partial charge on any atom is -0.490 e. The highest BCUT2D eigenvalue weighted by molar-refractivity contribution is 6.04. The van der Waals surface area contributed by atoms with Gasteiger partial charge in [-0.05, 0) is 36.4 Å². The molecule has 1 amide bonds. The van der Waals surface area contributed by atoms with Crippen molar-refractivity contribution in [3.05, 3.63) is 72.8 Å². The van der Waals surface area contributed by atoms with Crippen molar-refractivity contribution in [2.24, 2.45) is 0 Å². The number of carbonyl (C=O) groups is 1. The molecule has 3 nitrogen and oxygen atoms in total. The molecule has 0 aromatic heterocycles. The summed E-state index contributed by atoms with van der Waals surface area (Å²) in [5.41, 5.74) is 1.37. The van der Waals surface area contributed by atoms with E-state index < -0.39 is 0 Å². The topological polar surface area (TPSA) is 38.3 Å². The molecule has 0 radical (unpaired) electrons. The smallest absolute Gasteiger partial charge is 0.255 e. The quantitative estimate of drug-likeness (QED) is 0.828. The highest BCUT2D eigenvalue weighted by Crippen LogP contribution is 2.16. The van der Waals surface area contributed by atoms with Crippen LogP contribution in [0.1, 0.15) is 10.4 Å². The van der Waals surface area contributed by atoms with Gasteiger partial charge in [0.1, 0.15) is 12.4 Å². The Morgan fingerprint density at radius 1 is 1.11 bits per heavy atom. The van der Waals surface area contributed by atoms with Crippen LogP contribution in [0.25, 0.3) is 0 Å². The van der Waals surface area contributed by atoms with E-state index in [0.717, 1.165) is 11.4 Å². The zero-order chi connectivity index (χ0) is 13.5. The van der Waals surface area contributed by atoms with E-state index in [1.165, 1.54) is 0 Å². The van der Waals surface area contributed by atoms with E-state index in [1.54, 1.807) is 30.3 Å². The van der Waals surface area contributed by atoms with Crippen LogP contribution in [-0.4, -0.2) is 12.5 Å². The molecule has 0 spiro atoms. The fourth-order valence-electron chi connectivity index (χ4n) is 1.58. The van der Waals surface area contributed by atoms with Crippen LogP contribution in [0.2, 0.25) is 0 Å². The molecule has 0 aliphatic carbocycles. The molecule has 0 bridgehead atoms. The Morgan fingerprint density at radius 2 is 1.79 bits per heavy atom. The molecular weight excluding hydrogens is 238 g/mol. The third-order valence-corrected chi connectivity index (χ3v) is 2.52. The first-order chi connectivity index (χ1) is 9.29. The molecule has 2 rings (SSSR count). The summed E-state index contributed by atoms with van der Waals surface area (Å²) in [7, 11) is 0. The maximum absolute atomic E-state index is 11.9. The zero-order valence-electron chi connectivity index (χ0n) is 10.5. The monoisotopic (exact) mass is 253 g/mol. The lowest BCUT2D eigenvalue weighted by Crippen LogP contribution is -2.11. The van der Waals surface area contributed by atoms with E-state index in [4.69, 9.17) is 4.74 Å². The van der Waals surface area contributed by atoms with Gasteiger partial charge in [0.05, 0.1) is 0 Å². The van der Waals surface area contributed by atoms with Crippen molar-refractivity contribution < 1.29 is 9.53 Å². The van der Waals surface area contributed by atoms with Gasteiger partial charge >= 0.3 is 0 Å². The highest BCUT2D eigenvalue weighted by Gasteiger charge is 2.04. The number of benzene rings is 2. The van der Waals surface area contributed by atoms with E-state index >= 15 is 0 Å². The molecule has 0 heterocycles. The van der Waals surface area contributed by atoms with Gasteiger partial charge in [-0.1, -0.05) is 30.9 Å². The third-order valence-electron chi connectivity index (χ3n) is 2.52. The first-order valence-corrected chi connectivity index (χ1v) is 6.00. The average molecular weight is 253 g/mol. The second-order valence-corrected chi connectivity index (χ2v) is 3.94. The number of ether oxygens (including phenoxy) is 1. The number of nitrogens with one attached hydrogen (secondary N) is 1. The number of amides is 1. The number of hydrogen-bond donors (Lipinski definition) is 1. The number of carbonyl (C=O) groups excluding carboxylic acids is 1. The van der Waals surface area contributed by atoms with Crippen molar-refractivity contribution in [3.8, 4) is 5.75 Å². The second kappa shape index (κ2) is 6.40. The molecule has 96 valence electrons. The predicted octanol–water partition coefficient (Wildman–Crippen LogP) is 3.50. The Morgan fingerprint density at radius 3 is 2.42 bits per heavy atom. The van der Waals surface area contributed by atoms with Gasteiger partial charge in [-0.2, -0.15) is 0 Å². The minimum atomic E-state index is -0.125. The number of rotatable bonds is 5. The van der Waals surface area contributed by atoms with Gasteiger partial charge in [0.15, 0.2) is 0 Å². The Hall–Kier alpha value is -2.55. The van der Waals surface area contributed by atoms with Crippen LogP contribution in [0.15, 0.2) is 67.3 Å². The molecule has 0 atom stereocenters. The largest absolute Gasteiger partial charge is 0.490 e. The molecule has 0 aliphatic rings. The Bertz CT molecular complexity index is 547. The summed E-state index contributed by atoms with van der Waals surface area (Å²) < 4.78 is 5.37. The second-order valence-electron chi connectivity index (χ2n) is 3.94. The Balaban J connectivity index is 1.99. The van der Waals surface area contributed by atoms with Gasteiger partial charge in [-0.15, -0.1) is 0 Å². The predicted molar refractivity (Wildman–Crippen MR) is 76.5 cm³/mol. The molecule has 0 saturated heterocycles. The van der Waals surface area contributed by atoms with Crippen molar-refractivity contribution in [3.63, 3.8) is 0 Å². The fraction of sp³-hybridized carbons (Fsp3) is 0.0625. The van der Waals surface area contributed by atoms with Gasteiger partial charge in [0, 0.05) is 11.3 Å². The number of hydrogen-bond acceptors (Lipinski definition) is 2. The van der Waals surface area contributed by atoms with E-state index in [9.17, 15) is 4.79 Å². The molecule has 0 aliphatic heterocycles. The molecule has 2 aromatic rings. The minimum absolute atomic E-state index is 0.125. The van der Waals surface area contributed by atoms with Gasteiger partial charge in [-0.25, -0.2) is 0 Å². The molecule has 0 fully saturated rings. The van der Waals surface area contributed by atoms with Crippen LogP contribution in [0.3, 0.4) is 0 Å². The van der Waals surface area contributed by atoms with Crippen LogP contribution in [0, 0.1) is 0 Å². The Kier molecular flexibility index (Phi) is 4.34. The molecule has 2 aromatic carbocycles. The maximum atomic E-state index is 11.9. The van der Waals surface area contributed by atoms with Crippen molar-refractivity contribution >= 4 is 11.6 Å². The molecule has 19 heavy (non-hydrogen) atoms. The van der Waals surface area contributed by atoms with Crippen LogP contribution in [0.5, 0.6) is 5.75 Å². The summed E-state index contributed by atoms with van der Waals surface area (Å²) in [4.78, 5) is 11.9. The fourth-order valence-corrected chi connectivity index (χ4v) is 1.58. The van der Waals surface area contributed by atoms with E-state index in [2.05, 4.69) is 11.9 Å². The molecule has 0 saturated carbocycles. The van der Waals surface area contributed by atoms with Crippen molar-refractivity contribution in [1.82, 2.24) is 0 Å². The van der Waals surface area contributed by atoms with Gasteiger partial charge in [-0.3, -0.25) is 4.79 Å². The zero-order valence-corrected chi connectivity index (χ0v) is 10.5. The normalized spacial score (nSPS) is 9.68. The first kappa shape index (κ1) is 12.9. The van der Waals surface area contributed by atoms with Crippen molar-refractivity contribution in [1.29, 1.82) is 0 Å². The molecule has 0 unspecified atom stereocenters. The third kappa shape index (κ3) is 3.71. The van der Waals surface area contributed by atoms with Crippen LogP contribution >= 0.6 is 0 Å². The SMILES string of the molecule is C=CCOc1ccc(NC(=O)c2ccccc2)cc1. The van der Waals surface area contributed by atoms with E-state index in [0.29, 0.717) is 12.2 Å². The first-order valence-electron chi connectivity index (χ1n) is 6.00. The van der Waals surface area contributed by atoms with E-state index in [-0.39, 0.29) is 5.91 Å². The molecule has 1 N–H and O–H groups in total. The average Bonchev–Trinajstić information content (AvgIpc) is 2.47. The Labute approximate surface area is 112 Å². The summed E-state index contributed by atoms with van der Waals surface area (Å²) in [6.45, 7) is 4.05. The van der Waals surface area contributed by atoms with Crippen molar-refractivity contribution in [2.45, 2.75) is 0 Å². The van der Waals surface area contributed by atoms with Crippen molar-refractivity contribution in [2.75, 3.05) is 11.9 Å². The van der Waals surface area contributed by atoms with Crippen LogP contribution in [-0.2, 0) is 0 Å². The molecule has 3 heteroatoms. The van der Waals surface area contributed by atoms with Crippen LogP contribution < -0.4 is 10.1 Å². The summed E-state index contributed by atoms with van der Waals surface area (Å²) in [5.74, 6) is 0.623. The van der Waals surface area contributed by atoms with Crippen LogP contribution in [0.4, 0.5) is 5.69 Å².